The third kappa shape index (κ3) is 2.85. The quantitative estimate of drug-likeness (QED) is 0.849. The van der Waals surface area contributed by atoms with E-state index >= 15 is 0 Å². The largest absolute Gasteiger partial charge is 0.334 e. The number of aliphatic imine (C=N–C) groups is 1. The van der Waals surface area contributed by atoms with Gasteiger partial charge in [0.05, 0.1) is 11.6 Å². The molecule has 142 valence electrons. The van der Waals surface area contributed by atoms with Crippen LogP contribution >= 0.6 is 0 Å². The van der Waals surface area contributed by atoms with Crippen molar-refractivity contribution < 1.29 is 9.59 Å². The lowest BCUT2D eigenvalue weighted by molar-refractivity contribution is -0.128. The van der Waals surface area contributed by atoms with Crippen molar-refractivity contribution >= 4 is 23.5 Å². The van der Waals surface area contributed by atoms with E-state index in [-0.39, 0.29) is 23.9 Å². The van der Waals surface area contributed by atoms with E-state index in [0.29, 0.717) is 13.0 Å². The molecule has 0 spiro atoms. The van der Waals surface area contributed by atoms with Crippen LogP contribution in [0.15, 0.2) is 53.5 Å². The van der Waals surface area contributed by atoms with E-state index < -0.39 is 6.03 Å². The lowest BCUT2D eigenvalue weighted by atomic mass is 9.79. The molecular weight excluding hydrogens is 352 g/mol. The van der Waals surface area contributed by atoms with Gasteiger partial charge in [-0.1, -0.05) is 42.5 Å². The molecule has 0 aromatic heterocycles. The first kappa shape index (κ1) is 17.0. The zero-order valence-corrected chi connectivity index (χ0v) is 15.7. The number of amides is 3. The zero-order valence-electron chi connectivity index (χ0n) is 15.7. The van der Waals surface area contributed by atoms with Gasteiger partial charge in [0.25, 0.3) is 0 Å². The maximum Gasteiger partial charge on any atom is 0.323 e. The molecule has 0 radical (unpaired) electrons. The first-order valence-electron chi connectivity index (χ1n) is 9.68. The van der Waals surface area contributed by atoms with Crippen LogP contribution in [0, 0.1) is 18.8 Å². The van der Waals surface area contributed by atoms with E-state index in [2.05, 4.69) is 52.8 Å². The second kappa shape index (κ2) is 6.48. The van der Waals surface area contributed by atoms with Gasteiger partial charge in [-0.15, -0.1) is 0 Å². The Kier molecular flexibility index (Phi) is 3.93. The summed E-state index contributed by atoms with van der Waals surface area (Å²) in [5, 5.41) is 5.39. The van der Waals surface area contributed by atoms with E-state index in [0.717, 1.165) is 23.5 Å². The van der Waals surface area contributed by atoms with Crippen LogP contribution in [0.1, 0.15) is 23.1 Å². The highest BCUT2D eigenvalue weighted by molar-refractivity contribution is 6.01. The van der Waals surface area contributed by atoms with Gasteiger partial charge in [-0.05, 0) is 42.5 Å². The van der Waals surface area contributed by atoms with Crippen molar-refractivity contribution in [3.63, 3.8) is 0 Å². The third-order valence-corrected chi connectivity index (χ3v) is 5.91. The van der Waals surface area contributed by atoms with Crippen LogP contribution in [0.3, 0.4) is 0 Å². The molecular formula is C22H22N4O2. The standard InChI is InChI=1S/C22H22N4O2/c1-13-7-8-15-10-16-11-17-20(24-22(28)25-21(17)27)26(19(16)23-18(15)9-13)12-14-5-3-2-4-6-14/h2-9,16-17,20H,10-12H2,1H3,(H2,24,25,27,28). The molecule has 0 aliphatic carbocycles. The SMILES string of the molecule is Cc1ccc2c(c1)N=C1C(C2)CC2C(=O)NC(=O)NC2N1Cc1ccccc1. The first-order chi connectivity index (χ1) is 13.6. The highest BCUT2D eigenvalue weighted by Crippen LogP contribution is 2.39. The van der Waals surface area contributed by atoms with Crippen molar-refractivity contribution in [3.05, 3.63) is 65.2 Å². The summed E-state index contributed by atoms with van der Waals surface area (Å²) in [7, 11) is 0. The third-order valence-electron chi connectivity index (χ3n) is 5.91. The molecule has 0 saturated carbocycles. The Labute approximate surface area is 163 Å². The number of carbonyl (C=O) groups is 2. The molecule has 5 rings (SSSR count). The topological polar surface area (TPSA) is 73.8 Å². The van der Waals surface area contributed by atoms with E-state index in [1.54, 1.807) is 0 Å². The fourth-order valence-electron chi connectivity index (χ4n) is 4.57. The lowest BCUT2D eigenvalue weighted by Gasteiger charge is -2.48. The minimum absolute atomic E-state index is 0.168. The summed E-state index contributed by atoms with van der Waals surface area (Å²) in [6, 6.07) is 16.0. The fourth-order valence-corrected chi connectivity index (χ4v) is 4.57. The molecule has 2 saturated heterocycles. The number of hydrogen-bond donors (Lipinski definition) is 2. The average Bonchev–Trinajstić information content (AvgIpc) is 2.68. The summed E-state index contributed by atoms with van der Waals surface area (Å²) < 4.78 is 0. The summed E-state index contributed by atoms with van der Waals surface area (Å²) in [5.41, 5.74) is 4.52. The number of likely N-dealkylation sites (tertiary alicyclic amines) is 1. The Morgan fingerprint density at radius 3 is 2.79 bits per heavy atom. The predicted molar refractivity (Wildman–Crippen MR) is 106 cm³/mol. The molecule has 3 heterocycles. The Morgan fingerprint density at radius 2 is 1.96 bits per heavy atom. The van der Waals surface area contributed by atoms with Crippen LogP contribution < -0.4 is 10.6 Å². The number of rotatable bonds is 2. The van der Waals surface area contributed by atoms with Crippen molar-refractivity contribution in [2.45, 2.75) is 32.5 Å². The molecule has 2 fully saturated rings. The minimum atomic E-state index is -0.435. The van der Waals surface area contributed by atoms with Gasteiger partial charge in [0.1, 0.15) is 12.0 Å². The minimum Gasteiger partial charge on any atom is -0.334 e. The molecule has 6 nitrogen and oxygen atoms in total. The normalized spacial score (nSPS) is 25.7. The van der Waals surface area contributed by atoms with Crippen molar-refractivity contribution in [3.8, 4) is 0 Å². The summed E-state index contributed by atoms with van der Waals surface area (Å²) in [6.45, 7) is 2.67. The van der Waals surface area contributed by atoms with Gasteiger partial charge in [-0.25, -0.2) is 9.79 Å². The molecule has 3 atom stereocenters. The Balaban J connectivity index is 1.59. The molecule has 0 bridgehead atoms. The van der Waals surface area contributed by atoms with Gasteiger partial charge in [0, 0.05) is 12.5 Å². The van der Waals surface area contributed by atoms with Crippen LogP contribution in [0.4, 0.5) is 10.5 Å². The van der Waals surface area contributed by atoms with Crippen molar-refractivity contribution in [1.82, 2.24) is 15.5 Å². The Morgan fingerprint density at radius 1 is 1.14 bits per heavy atom. The van der Waals surface area contributed by atoms with Crippen LogP contribution in [-0.2, 0) is 17.8 Å². The van der Waals surface area contributed by atoms with Crippen LogP contribution in [-0.4, -0.2) is 28.8 Å². The number of hydrogen-bond acceptors (Lipinski definition) is 4. The number of aryl methyl sites for hydroxylation is 1. The molecule has 3 aliphatic heterocycles. The molecule has 3 unspecified atom stereocenters. The first-order valence-corrected chi connectivity index (χ1v) is 9.68. The smallest absolute Gasteiger partial charge is 0.323 e. The monoisotopic (exact) mass is 374 g/mol. The number of imide groups is 1. The summed E-state index contributed by atoms with van der Waals surface area (Å²) in [5.74, 6) is 0.664. The molecule has 6 heteroatoms. The van der Waals surface area contributed by atoms with Crippen molar-refractivity contribution in [2.75, 3.05) is 0 Å². The summed E-state index contributed by atoms with van der Waals surface area (Å²) in [4.78, 5) is 31.7. The van der Waals surface area contributed by atoms with Gasteiger partial charge in [0.2, 0.25) is 5.91 Å². The predicted octanol–water partition coefficient (Wildman–Crippen LogP) is 2.88. The van der Waals surface area contributed by atoms with Crippen molar-refractivity contribution in [2.24, 2.45) is 16.8 Å². The maximum atomic E-state index is 12.6. The number of piperidine rings is 1. The fraction of sp³-hybridized carbons (Fsp3) is 0.318. The van der Waals surface area contributed by atoms with Gasteiger partial charge in [-0.2, -0.15) is 0 Å². The second-order valence-corrected chi connectivity index (χ2v) is 7.87. The zero-order chi connectivity index (χ0) is 19.3. The Hall–Kier alpha value is -3.15. The highest BCUT2D eigenvalue weighted by atomic mass is 16.2. The summed E-state index contributed by atoms with van der Waals surface area (Å²) in [6.07, 6.45) is 1.18. The van der Waals surface area contributed by atoms with E-state index in [9.17, 15) is 9.59 Å². The number of amidine groups is 1. The van der Waals surface area contributed by atoms with Gasteiger partial charge < -0.3 is 10.2 Å². The number of nitrogens with one attached hydrogen (secondary N) is 2. The maximum absolute atomic E-state index is 12.6. The molecule has 2 N–H and O–H groups in total. The van der Waals surface area contributed by atoms with Crippen LogP contribution in [0.25, 0.3) is 0 Å². The molecule has 2 aromatic rings. The molecule has 3 amide bonds. The second-order valence-electron chi connectivity index (χ2n) is 7.87. The highest BCUT2D eigenvalue weighted by Gasteiger charge is 2.47. The number of carbonyl (C=O) groups excluding carboxylic acids is 2. The van der Waals surface area contributed by atoms with Gasteiger partial charge >= 0.3 is 6.03 Å². The van der Waals surface area contributed by atoms with Crippen LogP contribution in [0.5, 0.6) is 0 Å². The molecule has 28 heavy (non-hydrogen) atoms. The lowest BCUT2D eigenvalue weighted by Crippen LogP contribution is -2.68. The van der Waals surface area contributed by atoms with Gasteiger partial charge in [0.15, 0.2) is 0 Å². The number of nitrogens with zero attached hydrogens (tertiary/aromatic N) is 2. The molecule has 3 aliphatic rings. The van der Waals surface area contributed by atoms with E-state index in [1.807, 2.05) is 18.2 Å². The van der Waals surface area contributed by atoms with Crippen molar-refractivity contribution in [1.29, 1.82) is 0 Å². The van der Waals surface area contributed by atoms with Gasteiger partial charge in [-0.3, -0.25) is 10.1 Å². The molecule has 2 aromatic carbocycles. The number of fused-ring (bicyclic) bond motifs is 3. The number of urea groups is 1. The van der Waals surface area contributed by atoms with E-state index in [1.165, 1.54) is 11.1 Å². The summed E-state index contributed by atoms with van der Waals surface area (Å²) >= 11 is 0. The van der Waals surface area contributed by atoms with E-state index in [4.69, 9.17) is 4.99 Å². The number of benzene rings is 2. The Bertz CT molecular complexity index is 985. The average molecular weight is 374 g/mol. The van der Waals surface area contributed by atoms with Crippen LogP contribution in [0.2, 0.25) is 0 Å².